The Morgan fingerprint density at radius 2 is 1.84 bits per heavy atom. The van der Waals surface area contributed by atoms with E-state index in [0.717, 1.165) is 5.69 Å². The lowest BCUT2D eigenvalue weighted by Gasteiger charge is -2.06. The highest BCUT2D eigenvalue weighted by Crippen LogP contribution is 2.18. The number of hydrazone groups is 1. The summed E-state index contributed by atoms with van der Waals surface area (Å²) in [5, 5.41) is 4.60. The number of halogens is 2. The summed E-state index contributed by atoms with van der Waals surface area (Å²) in [6.45, 7) is 3.84. The summed E-state index contributed by atoms with van der Waals surface area (Å²) in [5.41, 5.74) is 6.44. The van der Waals surface area contributed by atoms with Crippen LogP contribution in [0.25, 0.3) is 0 Å². The second-order valence-electron chi connectivity index (χ2n) is 4.30. The van der Waals surface area contributed by atoms with Crippen LogP contribution in [0.15, 0.2) is 47.6 Å². The van der Waals surface area contributed by atoms with Gasteiger partial charge in [-0.15, -0.1) is 0 Å². The fraction of sp³-hybridized carbons (Fsp3) is 0.133. The molecule has 0 aromatic heterocycles. The van der Waals surface area contributed by atoms with Crippen molar-refractivity contribution in [1.29, 1.82) is 0 Å². The molecule has 98 valence electrons. The number of nitrogens with one attached hydrogen (secondary N) is 1. The van der Waals surface area contributed by atoms with Gasteiger partial charge in [-0.05, 0) is 44.2 Å². The second kappa shape index (κ2) is 5.85. The predicted molar refractivity (Wildman–Crippen MR) is 78.4 cm³/mol. The van der Waals surface area contributed by atoms with E-state index in [1.54, 1.807) is 6.07 Å². The summed E-state index contributed by atoms with van der Waals surface area (Å²) in [5.74, 6) is -0.354. The van der Waals surface area contributed by atoms with Crippen LogP contribution >= 0.6 is 11.6 Å². The number of benzene rings is 2. The number of rotatable bonds is 3. The molecule has 0 radical (unpaired) electrons. The fourth-order valence-electron chi connectivity index (χ4n) is 1.62. The molecule has 0 aliphatic rings. The molecule has 0 saturated heterocycles. The highest BCUT2D eigenvalue weighted by Gasteiger charge is 2.05. The van der Waals surface area contributed by atoms with Crippen LogP contribution in [-0.4, -0.2) is 5.71 Å². The molecular formula is C15H14ClFN2. The van der Waals surface area contributed by atoms with E-state index in [1.807, 2.05) is 38.1 Å². The monoisotopic (exact) mass is 276 g/mol. The van der Waals surface area contributed by atoms with E-state index in [-0.39, 0.29) is 5.82 Å². The second-order valence-corrected chi connectivity index (χ2v) is 4.71. The molecule has 2 aromatic rings. The first-order valence-corrected chi connectivity index (χ1v) is 6.26. The molecule has 0 bridgehead atoms. The highest BCUT2D eigenvalue weighted by molar-refractivity contribution is 6.34. The third-order valence-corrected chi connectivity index (χ3v) is 3.04. The molecule has 4 heteroatoms. The van der Waals surface area contributed by atoms with Gasteiger partial charge in [-0.3, -0.25) is 5.43 Å². The zero-order valence-electron chi connectivity index (χ0n) is 10.7. The number of hydrogen-bond donors (Lipinski definition) is 1. The van der Waals surface area contributed by atoms with Crippen molar-refractivity contribution in [2.75, 3.05) is 5.43 Å². The fourth-order valence-corrected chi connectivity index (χ4v) is 1.92. The lowest BCUT2D eigenvalue weighted by Crippen LogP contribution is -2.01. The minimum absolute atomic E-state index is 0.354. The smallest absolute Gasteiger partial charge is 0.124 e. The maximum atomic E-state index is 13.0. The van der Waals surface area contributed by atoms with Crippen molar-refractivity contribution in [3.8, 4) is 0 Å². The van der Waals surface area contributed by atoms with E-state index >= 15 is 0 Å². The van der Waals surface area contributed by atoms with E-state index < -0.39 is 0 Å². The Morgan fingerprint density at radius 1 is 1.16 bits per heavy atom. The molecule has 0 heterocycles. The standard InChI is InChI=1S/C15H14ClFN2/c1-10-3-6-13(7-4-10)19-18-11(2)14-8-5-12(17)9-15(14)16/h3-9,19H,1-2H3/b18-11-. The Kier molecular flexibility index (Phi) is 4.17. The molecule has 0 aliphatic heterocycles. The van der Waals surface area contributed by atoms with E-state index in [0.29, 0.717) is 16.3 Å². The molecule has 2 nitrogen and oxygen atoms in total. The predicted octanol–water partition coefficient (Wildman–Crippen LogP) is 4.62. The van der Waals surface area contributed by atoms with Crippen molar-refractivity contribution in [2.24, 2.45) is 5.10 Å². The Labute approximate surface area is 116 Å². The first-order valence-electron chi connectivity index (χ1n) is 5.88. The third kappa shape index (κ3) is 3.55. The maximum absolute atomic E-state index is 13.0. The number of aryl methyl sites for hydroxylation is 1. The minimum atomic E-state index is -0.354. The van der Waals surface area contributed by atoms with Crippen molar-refractivity contribution >= 4 is 23.0 Å². The van der Waals surface area contributed by atoms with E-state index in [2.05, 4.69) is 10.5 Å². The molecule has 0 spiro atoms. The Hall–Kier alpha value is -1.87. The Bertz CT molecular complexity index is 606. The first-order chi connectivity index (χ1) is 9.06. The molecular weight excluding hydrogens is 263 g/mol. The van der Waals surface area contributed by atoms with Gasteiger partial charge in [-0.1, -0.05) is 29.3 Å². The third-order valence-electron chi connectivity index (χ3n) is 2.73. The first kappa shape index (κ1) is 13.6. The Balaban J connectivity index is 2.16. The average molecular weight is 277 g/mol. The topological polar surface area (TPSA) is 24.4 Å². The van der Waals surface area contributed by atoms with E-state index in [1.165, 1.54) is 17.7 Å². The van der Waals surface area contributed by atoms with Crippen LogP contribution in [0.5, 0.6) is 0 Å². The highest BCUT2D eigenvalue weighted by atomic mass is 35.5. The van der Waals surface area contributed by atoms with Crippen LogP contribution in [0.1, 0.15) is 18.1 Å². The van der Waals surface area contributed by atoms with Crippen molar-refractivity contribution in [2.45, 2.75) is 13.8 Å². The van der Waals surface area contributed by atoms with E-state index in [9.17, 15) is 4.39 Å². The summed E-state index contributed by atoms with van der Waals surface area (Å²) in [7, 11) is 0. The lowest BCUT2D eigenvalue weighted by atomic mass is 10.1. The van der Waals surface area contributed by atoms with Gasteiger partial charge in [0.25, 0.3) is 0 Å². The zero-order valence-corrected chi connectivity index (χ0v) is 11.5. The van der Waals surface area contributed by atoms with Gasteiger partial charge in [0.05, 0.1) is 16.4 Å². The SMILES string of the molecule is C/C(=N/Nc1ccc(C)cc1)c1ccc(F)cc1Cl. The largest absolute Gasteiger partial charge is 0.278 e. The van der Waals surface area contributed by atoms with Gasteiger partial charge < -0.3 is 0 Å². The minimum Gasteiger partial charge on any atom is -0.278 e. The van der Waals surface area contributed by atoms with Crippen molar-refractivity contribution in [3.05, 3.63) is 64.4 Å². The van der Waals surface area contributed by atoms with Crippen molar-refractivity contribution in [1.82, 2.24) is 0 Å². The maximum Gasteiger partial charge on any atom is 0.124 e. The number of nitrogens with zero attached hydrogens (tertiary/aromatic N) is 1. The molecule has 0 saturated carbocycles. The van der Waals surface area contributed by atoms with Gasteiger partial charge in [-0.25, -0.2) is 4.39 Å². The average Bonchev–Trinajstić information content (AvgIpc) is 2.37. The molecule has 1 N–H and O–H groups in total. The summed E-state index contributed by atoms with van der Waals surface area (Å²) >= 11 is 5.98. The molecule has 19 heavy (non-hydrogen) atoms. The van der Waals surface area contributed by atoms with Crippen LogP contribution in [0.3, 0.4) is 0 Å². The van der Waals surface area contributed by atoms with Gasteiger partial charge in [-0.2, -0.15) is 5.10 Å². The number of hydrogen-bond acceptors (Lipinski definition) is 2. The van der Waals surface area contributed by atoms with Gasteiger partial charge in [0.1, 0.15) is 5.82 Å². The van der Waals surface area contributed by atoms with Gasteiger partial charge >= 0.3 is 0 Å². The number of anilines is 1. The molecule has 0 fully saturated rings. The molecule has 0 atom stereocenters. The zero-order chi connectivity index (χ0) is 13.8. The lowest BCUT2D eigenvalue weighted by molar-refractivity contribution is 0.628. The quantitative estimate of drug-likeness (QED) is 0.642. The van der Waals surface area contributed by atoms with Gasteiger partial charge in [0.15, 0.2) is 0 Å². The molecule has 0 aliphatic carbocycles. The normalized spacial score (nSPS) is 11.5. The van der Waals surface area contributed by atoms with Crippen molar-refractivity contribution < 1.29 is 4.39 Å². The summed E-state index contributed by atoms with van der Waals surface area (Å²) in [6.07, 6.45) is 0. The van der Waals surface area contributed by atoms with Crippen LogP contribution < -0.4 is 5.43 Å². The van der Waals surface area contributed by atoms with Gasteiger partial charge in [0, 0.05) is 5.56 Å². The summed E-state index contributed by atoms with van der Waals surface area (Å²) < 4.78 is 13.0. The van der Waals surface area contributed by atoms with Gasteiger partial charge in [0.2, 0.25) is 0 Å². The van der Waals surface area contributed by atoms with E-state index in [4.69, 9.17) is 11.6 Å². The van der Waals surface area contributed by atoms with Crippen LogP contribution in [0.4, 0.5) is 10.1 Å². The summed E-state index contributed by atoms with van der Waals surface area (Å²) in [6, 6.07) is 12.1. The van der Waals surface area contributed by atoms with Crippen LogP contribution in [0.2, 0.25) is 5.02 Å². The van der Waals surface area contributed by atoms with Crippen molar-refractivity contribution in [3.63, 3.8) is 0 Å². The Morgan fingerprint density at radius 3 is 2.47 bits per heavy atom. The van der Waals surface area contributed by atoms with Crippen LogP contribution in [-0.2, 0) is 0 Å². The molecule has 2 aromatic carbocycles. The molecule has 2 rings (SSSR count). The molecule has 0 amide bonds. The van der Waals surface area contributed by atoms with Crippen LogP contribution in [0, 0.1) is 12.7 Å². The summed E-state index contributed by atoms with van der Waals surface area (Å²) in [4.78, 5) is 0. The molecule has 0 unspecified atom stereocenters.